The highest BCUT2D eigenvalue weighted by molar-refractivity contribution is 5.80. The topological polar surface area (TPSA) is 141 Å². The van der Waals surface area contributed by atoms with Gasteiger partial charge in [-0.3, -0.25) is 9.59 Å². The number of aliphatic carboxylic acids is 2. The first-order valence-corrected chi connectivity index (χ1v) is 5.71. The van der Waals surface area contributed by atoms with Crippen LogP contribution in [0.3, 0.4) is 0 Å². The van der Waals surface area contributed by atoms with Gasteiger partial charge >= 0.3 is 17.9 Å². The van der Waals surface area contributed by atoms with Gasteiger partial charge in [-0.25, -0.2) is 4.79 Å². The Morgan fingerprint density at radius 1 is 1.00 bits per heavy atom. The summed E-state index contributed by atoms with van der Waals surface area (Å²) in [5.41, 5.74) is 0. The van der Waals surface area contributed by atoms with Gasteiger partial charge in [0.05, 0.1) is 12.8 Å². The fourth-order valence-electron chi connectivity index (χ4n) is 0.739. The van der Waals surface area contributed by atoms with E-state index in [0.717, 1.165) is 12.8 Å². The van der Waals surface area contributed by atoms with E-state index >= 15 is 0 Å². The number of esters is 1. The number of unbranched alkanes of at least 4 members (excludes halogenated alkanes) is 1. The Morgan fingerprint density at radius 3 is 1.79 bits per heavy atom. The first-order valence-electron chi connectivity index (χ1n) is 5.71. The quantitative estimate of drug-likeness (QED) is 0.348. The van der Waals surface area contributed by atoms with Crippen molar-refractivity contribution in [2.45, 2.75) is 38.7 Å². The van der Waals surface area contributed by atoms with Crippen LogP contribution in [0.1, 0.15) is 32.6 Å². The number of carboxylic acid groups (broad SMARTS) is 2. The molecule has 0 aliphatic heterocycles. The van der Waals surface area contributed by atoms with Gasteiger partial charge in [-0.05, 0) is 19.8 Å². The van der Waals surface area contributed by atoms with E-state index < -0.39 is 24.0 Å². The van der Waals surface area contributed by atoms with E-state index in [2.05, 4.69) is 4.74 Å². The number of hydrogen-bond acceptors (Lipinski definition) is 6. The molecule has 112 valence electrons. The van der Waals surface area contributed by atoms with Gasteiger partial charge in [0, 0.05) is 13.2 Å². The van der Waals surface area contributed by atoms with E-state index in [4.69, 9.17) is 20.4 Å². The van der Waals surface area contributed by atoms with Gasteiger partial charge in [0.15, 0.2) is 6.10 Å². The van der Waals surface area contributed by atoms with Crippen LogP contribution < -0.4 is 0 Å². The van der Waals surface area contributed by atoms with Gasteiger partial charge in [-0.2, -0.15) is 0 Å². The normalized spacial score (nSPS) is 10.9. The molecule has 0 aromatic heterocycles. The Bertz CT molecular complexity index is 272. The average molecular weight is 280 g/mol. The number of aliphatic hydroxyl groups excluding tert-OH is 2. The largest absolute Gasteiger partial charge is 0.481 e. The molecule has 0 amide bonds. The number of carboxylic acids is 2. The van der Waals surface area contributed by atoms with Gasteiger partial charge in [-0.15, -0.1) is 0 Å². The summed E-state index contributed by atoms with van der Waals surface area (Å²) >= 11 is 0. The van der Waals surface area contributed by atoms with Crippen LogP contribution in [0, 0.1) is 0 Å². The maximum absolute atomic E-state index is 10.7. The second-order valence-corrected chi connectivity index (χ2v) is 3.52. The molecule has 8 heteroatoms. The van der Waals surface area contributed by atoms with Crippen molar-refractivity contribution in [3.63, 3.8) is 0 Å². The minimum absolute atomic E-state index is 0.195. The van der Waals surface area contributed by atoms with Crippen LogP contribution >= 0.6 is 0 Å². The van der Waals surface area contributed by atoms with Gasteiger partial charge in [-0.1, -0.05) is 0 Å². The predicted molar refractivity (Wildman–Crippen MR) is 63.5 cm³/mol. The van der Waals surface area contributed by atoms with Gasteiger partial charge in [0.2, 0.25) is 0 Å². The van der Waals surface area contributed by atoms with Crippen LogP contribution in [0.4, 0.5) is 0 Å². The second kappa shape index (κ2) is 12.8. The highest BCUT2D eigenvalue weighted by atomic mass is 16.6. The smallest absolute Gasteiger partial charge is 0.344 e. The Balaban J connectivity index is 0. The Kier molecular flexibility index (Phi) is 13.2. The molecular weight excluding hydrogens is 260 g/mol. The number of carbonyl (C=O) groups excluding carboxylic acids is 1. The zero-order chi connectivity index (χ0) is 15.3. The van der Waals surface area contributed by atoms with E-state index in [0.29, 0.717) is 0 Å². The minimum Gasteiger partial charge on any atom is -0.481 e. The monoisotopic (exact) mass is 280 g/mol. The lowest BCUT2D eigenvalue weighted by Gasteiger charge is -2.07. The maximum Gasteiger partial charge on any atom is 0.344 e. The highest BCUT2D eigenvalue weighted by Crippen LogP contribution is 1.97. The van der Waals surface area contributed by atoms with Crippen LogP contribution in [0.25, 0.3) is 0 Å². The molecule has 0 rings (SSSR count). The standard InChI is InChI=1S/C7H10O6.C4H10O2/c1-4(7(11)12)13-6(10)3-2-5(8)9;5-3-1-2-4-6/h4H,2-3H2,1H3,(H,8,9)(H,11,12);5-6H,1-4H2. The Morgan fingerprint density at radius 2 is 1.47 bits per heavy atom. The molecule has 1 unspecified atom stereocenters. The zero-order valence-corrected chi connectivity index (χ0v) is 10.7. The van der Waals surface area contributed by atoms with Crippen molar-refractivity contribution in [2.75, 3.05) is 13.2 Å². The molecule has 0 heterocycles. The van der Waals surface area contributed by atoms with Gasteiger partial charge < -0.3 is 25.2 Å². The third-order valence-corrected chi connectivity index (χ3v) is 1.77. The molecule has 0 radical (unpaired) electrons. The molecule has 4 N–H and O–H groups in total. The first-order chi connectivity index (χ1) is 8.84. The van der Waals surface area contributed by atoms with Crippen LogP contribution in [-0.4, -0.2) is 57.7 Å². The molecule has 1 atom stereocenters. The highest BCUT2D eigenvalue weighted by Gasteiger charge is 2.16. The van der Waals surface area contributed by atoms with E-state index in [-0.39, 0.29) is 26.1 Å². The van der Waals surface area contributed by atoms with Crippen molar-refractivity contribution >= 4 is 17.9 Å². The summed E-state index contributed by atoms with van der Waals surface area (Å²) in [5.74, 6) is -3.21. The lowest BCUT2D eigenvalue weighted by molar-refractivity contribution is -0.163. The van der Waals surface area contributed by atoms with Crippen molar-refractivity contribution < 1.29 is 39.5 Å². The number of aliphatic hydroxyl groups is 2. The molecular formula is C11H20O8. The Hall–Kier alpha value is -1.67. The fraction of sp³-hybridized carbons (Fsp3) is 0.727. The lowest BCUT2D eigenvalue weighted by Crippen LogP contribution is -2.23. The molecule has 0 aliphatic carbocycles. The summed E-state index contributed by atoms with van der Waals surface area (Å²) in [5, 5.41) is 32.7. The molecule has 0 aromatic rings. The average Bonchev–Trinajstić information content (AvgIpc) is 2.34. The predicted octanol–water partition coefficient (Wildman–Crippen LogP) is -0.381. The third kappa shape index (κ3) is 16.3. The Labute approximate surface area is 110 Å². The number of hydrogen-bond donors (Lipinski definition) is 4. The molecule has 0 saturated carbocycles. The van der Waals surface area contributed by atoms with Gasteiger partial charge in [0.25, 0.3) is 0 Å². The van der Waals surface area contributed by atoms with Crippen molar-refractivity contribution in [1.82, 2.24) is 0 Å². The van der Waals surface area contributed by atoms with Crippen LogP contribution in [-0.2, 0) is 19.1 Å². The summed E-state index contributed by atoms with van der Waals surface area (Å²) in [6.07, 6.45) is -0.466. The first kappa shape index (κ1) is 19.7. The van der Waals surface area contributed by atoms with E-state index in [1.165, 1.54) is 6.92 Å². The SMILES string of the molecule is CC(OC(=O)CCC(=O)O)C(=O)O.OCCCCO. The molecule has 0 bridgehead atoms. The van der Waals surface area contributed by atoms with Crippen LogP contribution in [0.5, 0.6) is 0 Å². The number of carbonyl (C=O) groups is 3. The maximum atomic E-state index is 10.7. The van der Waals surface area contributed by atoms with Crippen molar-refractivity contribution in [1.29, 1.82) is 0 Å². The molecule has 19 heavy (non-hydrogen) atoms. The molecule has 0 saturated heterocycles. The molecule has 0 aromatic carbocycles. The van der Waals surface area contributed by atoms with E-state index in [9.17, 15) is 14.4 Å². The van der Waals surface area contributed by atoms with E-state index in [1.807, 2.05) is 0 Å². The van der Waals surface area contributed by atoms with Crippen molar-refractivity contribution in [2.24, 2.45) is 0 Å². The number of rotatable bonds is 8. The molecule has 0 fully saturated rings. The number of ether oxygens (including phenoxy) is 1. The molecule has 0 aliphatic rings. The summed E-state index contributed by atoms with van der Waals surface area (Å²) in [7, 11) is 0. The third-order valence-electron chi connectivity index (χ3n) is 1.77. The van der Waals surface area contributed by atoms with E-state index in [1.54, 1.807) is 0 Å². The zero-order valence-electron chi connectivity index (χ0n) is 10.7. The van der Waals surface area contributed by atoms with Crippen molar-refractivity contribution in [3.05, 3.63) is 0 Å². The second-order valence-electron chi connectivity index (χ2n) is 3.52. The fourth-order valence-corrected chi connectivity index (χ4v) is 0.739. The van der Waals surface area contributed by atoms with Crippen molar-refractivity contribution in [3.8, 4) is 0 Å². The van der Waals surface area contributed by atoms with Gasteiger partial charge in [0.1, 0.15) is 0 Å². The molecule has 0 spiro atoms. The summed E-state index contributed by atoms with van der Waals surface area (Å²) < 4.78 is 4.36. The molecule has 8 nitrogen and oxygen atoms in total. The minimum atomic E-state index is -1.26. The van der Waals surface area contributed by atoms with Crippen LogP contribution in [0.15, 0.2) is 0 Å². The van der Waals surface area contributed by atoms with Crippen LogP contribution in [0.2, 0.25) is 0 Å². The lowest BCUT2D eigenvalue weighted by atomic mass is 10.3. The summed E-state index contributed by atoms with van der Waals surface area (Å²) in [6.45, 7) is 1.59. The summed E-state index contributed by atoms with van der Waals surface area (Å²) in [4.78, 5) is 30.9. The summed E-state index contributed by atoms with van der Waals surface area (Å²) in [6, 6.07) is 0.